The van der Waals surface area contributed by atoms with Crippen LogP contribution < -0.4 is 4.74 Å². The predicted octanol–water partition coefficient (Wildman–Crippen LogP) is 3.17. The highest BCUT2D eigenvalue weighted by molar-refractivity contribution is 5.78. The van der Waals surface area contributed by atoms with Crippen LogP contribution in [0.5, 0.6) is 5.75 Å². The number of piperidine rings is 1. The summed E-state index contributed by atoms with van der Waals surface area (Å²) >= 11 is 0. The predicted molar refractivity (Wildman–Crippen MR) is 102 cm³/mol. The summed E-state index contributed by atoms with van der Waals surface area (Å²) in [7, 11) is 0. The van der Waals surface area contributed by atoms with Gasteiger partial charge in [-0.3, -0.25) is 4.79 Å². The van der Waals surface area contributed by atoms with Gasteiger partial charge in [0.05, 0.1) is 6.61 Å². The monoisotopic (exact) mass is 385 g/mol. The zero-order chi connectivity index (χ0) is 19.2. The lowest BCUT2D eigenvalue weighted by atomic mass is 10.0. The first-order valence-electron chi connectivity index (χ1n) is 10.2. The standard InChI is InChI=1S/C21H27N3O4/c25-20(15-27-17-6-2-1-3-7-17)24-12-5-4-8-18(24)21-22-19(23-28-21)11-13-26-14-16-9-10-16/h1-3,6-7,16,18H,4-5,8-15H2. The molecular formula is C21H27N3O4. The first kappa shape index (κ1) is 18.9. The van der Waals surface area contributed by atoms with E-state index in [9.17, 15) is 4.79 Å². The molecule has 1 aliphatic carbocycles. The molecule has 0 spiro atoms. The molecule has 2 aromatic rings. The van der Waals surface area contributed by atoms with E-state index < -0.39 is 0 Å². The summed E-state index contributed by atoms with van der Waals surface area (Å²) in [6.45, 7) is 2.13. The molecule has 1 unspecified atom stereocenters. The fourth-order valence-electron chi connectivity index (χ4n) is 3.43. The van der Waals surface area contributed by atoms with Crippen molar-refractivity contribution >= 4 is 5.91 Å². The van der Waals surface area contributed by atoms with Crippen molar-refractivity contribution in [2.24, 2.45) is 5.92 Å². The molecule has 1 saturated heterocycles. The maximum Gasteiger partial charge on any atom is 0.261 e. The van der Waals surface area contributed by atoms with Gasteiger partial charge in [-0.05, 0) is 50.2 Å². The van der Waals surface area contributed by atoms with Gasteiger partial charge in [0, 0.05) is 19.6 Å². The van der Waals surface area contributed by atoms with E-state index >= 15 is 0 Å². The van der Waals surface area contributed by atoms with E-state index in [0.717, 1.165) is 31.8 Å². The van der Waals surface area contributed by atoms with Gasteiger partial charge in [0.1, 0.15) is 11.8 Å². The Bertz CT molecular complexity index is 760. The molecule has 150 valence electrons. The molecule has 1 amide bonds. The van der Waals surface area contributed by atoms with Crippen molar-refractivity contribution in [1.82, 2.24) is 15.0 Å². The molecule has 0 N–H and O–H groups in total. The number of amides is 1. The van der Waals surface area contributed by atoms with E-state index in [1.165, 1.54) is 12.8 Å². The van der Waals surface area contributed by atoms with Gasteiger partial charge in [-0.2, -0.15) is 4.98 Å². The number of hydrogen-bond acceptors (Lipinski definition) is 6. The van der Waals surface area contributed by atoms with Gasteiger partial charge in [-0.25, -0.2) is 0 Å². The molecule has 4 rings (SSSR count). The fraction of sp³-hybridized carbons (Fsp3) is 0.571. The van der Waals surface area contributed by atoms with E-state index in [1.807, 2.05) is 35.2 Å². The minimum absolute atomic E-state index is 0.0104. The summed E-state index contributed by atoms with van der Waals surface area (Å²) < 4.78 is 16.8. The van der Waals surface area contributed by atoms with Crippen molar-refractivity contribution in [1.29, 1.82) is 0 Å². The number of nitrogens with zero attached hydrogens (tertiary/aromatic N) is 3. The topological polar surface area (TPSA) is 77.7 Å². The van der Waals surface area contributed by atoms with Crippen LogP contribution in [0.1, 0.15) is 49.9 Å². The number of aromatic nitrogens is 2. The van der Waals surface area contributed by atoms with Gasteiger partial charge in [0.15, 0.2) is 12.4 Å². The summed E-state index contributed by atoms with van der Waals surface area (Å²) in [4.78, 5) is 19.1. The molecule has 1 aromatic heterocycles. The van der Waals surface area contributed by atoms with Crippen molar-refractivity contribution in [3.8, 4) is 5.75 Å². The Labute approximate surface area is 165 Å². The van der Waals surface area contributed by atoms with Crippen LogP contribution in [-0.4, -0.2) is 47.3 Å². The number of carbonyl (C=O) groups excluding carboxylic acids is 1. The molecule has 2 fully saturated rings. The normalized spacial score (nSPS) is 19.6. The fourth-order valence-corrected chi connectivity index (χ4v) is 3.43. The van der Waals surface area contributed by atoms with Crippen molar-refractivity contribution in [3.63, 3.8) is 0 Å². The zero-order valence-corrected chi connectivity index (χ0v) is 16.1. The van der Waals surface area contributed by atoms with Gasteiger partial charge < -0.3 is 18.9 Å². The van der Waals surface area contributed by atoms with Crippen molar-refractivity contribution in [2.45, 2.75) is 44.6 Å². The summed E-state index contributed by atoms with van der Waals surface area (Å²) in [5.41, 5.74) is 0. The van der Waals surface area contributed by atoms with Gasteiger partial charge in [0.2, 0.25) is 5.89 Å². The van der Waals surface area contributed by atoms with Crippen LogP contribution >= 0.6 is 0 Å². The van der Waals surface area contributed by atoms with Gasteiger partial charge >= 0.3 is 0 Å². The third-order valence-electron chi connectivity index (χ3n) is 5.22. The number of benzene rings is 1. The molecule has 1 aliphatic heterocycles. The molecule has 0 radical (unpaired) electrons. The largest absolute Gasteiger partial charge is 0.484 e. The zero-order valence-electron chi connectivity index (χ0n) is 16.1. The first-order chi connectivity index (χ1) is 13.8. The second-order valence-corrected chi connectivity index (χ2v) is 7.52. The lowest BCUT2D eigenvalue weighted by Gasteiger charge is -2.33. The first-order valence-corrected chi connectivity index (χ1v) is 10.2. The average molecular weight is 385 g/mol. The average Bonchev–Trinajstić information content (AvgIpc) is 3.45. The van der Waals surface area contributed by atoms with Crippen LogP contribution in [0, 0.1) is 5.92 Å². The highest BCUT2D eigenvalue weighted by Crippen LogP contribution is 2.30. The van der Waals surface area contributed by atoms with Crippen molar-refractivity contribution < 1.29 is 18.8 Å². The minimum Gasteiger partial charge on any atom is -0.484 e. The number of ether oxygens (including phenoxy) is 2. The summed E-state index contributed by atoms with van der Waals surface area (Å²) in [6.07, 6.45) is 6.04. The quantitative estimate of drug-likeness (QED) is 0.617. The number of rotatable bonds is 9. The van der Waals surface area contributed by atoms with Crippen molar-refractivity contribution in [3.05, 3.63) is 42.0 Å². The van der Waals surface area contributed by atoms with Crippen LogP contribution in [0.2, 0.25) is 0 Å². The highest BCUT2D eigenvalue weighted by Gasteiger charge is 2.32. The molecule has 0 bridgehead atoms. The van der Waals surface area contributed by atoms with E-state index in [4.69, 9.17) is 14.0 Å². The minimum atomic E-state index is -0.172. The highest BCUT2D eigenvalue weighted by atomic mass is 16.5. The Balaban J connectivity index is 1.31. The Hall–Kier alpha value is -2.41. The molecule has 2 heterocycles. The molecule has 7 nitrogen and oxygen atoms in total. The third-order valence-corrected chi connectivity index (χ3v) is 5.22. The summed E-state index contributed by atoms with van der Waals surface area (Å²) in [6, 6.07) is 9.21. The van der Waals surface area contributed by atoms with Crippen molar-refractivity contribution in [2.75, 3.05) is 26.4 Å². The summed E-state index contributed by atoms with van der Waals surface area (Å²) in [5.74, 6) is 2.55. The van der Waals surface area contributed by atoms with Crippen LogP contribution in [0.4, 0.5) is 0 Å². The SMILES string of the molecule is O=C(COc1ccccc1)N1CCCCC1c1nc(CCOCC2CC2)no1. The van der Waals surface area contributed by atoms with Crippen LogP contribution in [0.25, 0.3) is 0 Å². The van der Waals surface area contributed by atoms with E-state index in [1.54, 1.807) is 0 Å². The molecule has 28 heavy (non-hydrogen) atoms. The van der Waals surface area contributed by atoms with Crippen LogP contribution in [0.15, 0.2) is 34.9 Å². The second-order valence-electron chi connectivity index (χ2n) is 7.52. The van der Waals surface area contributed by atoms with Crippen LogP contribution in [-0.2, 0) is 16.0 Å². The van der Waals surface area contributed by atoms with E-state index in [0.29, 0.717) is 37.0 Å². The van der Waals surface area contributed by atoms with Gasteiger partial charge in [-0.1, -0.05) is 23.4 Å². The van der Waals surface area contributed by atoms with E-state index in [2.05, 4.69) is 10.1 Å². The van der Waals surface area contributed by atoms with Gasteiger partial charge in [-0.15, -0.1) is 0 Å². The Morgan fingerprint density at radius 2 is 2.04 bits per heavy atom. The second kappa shape index (κ2) is 9.19. The Kier molecular flexibility index (Phi) is 6.21. The molecule has 1 saturated carbocycles. The Morgan fingerprint density at radius 1 is 1.18 bits per heavy atom. The summed E-state index contributed by atoms with van der Waals surface area (Å²) in [5, 5.41) is 4.08. The molecule has 7 heteroatoms. The lowest BCUT2D eigenvalue weighted by molar-refractivity contribution is -0.138. The number of carbonyl (C=O) groups is 1. The number of para-hydroxylation sites is 1. The van der Waals surface area contributed by atoms with Crippen LogP contribution in [0.3, 0.4) is 0 Å². The Morgan fingerprint density at radius 3 is 2.86 bits per heavy atom. The molecule has 1 atom stereocenters. The smallest absolute Gasteiger partial charge is 0.261 e. The maximum absolute atomic E-state index is 12.7. The molecular weight excluding hydrogens is 358 g/mol. The third kappa shape index (κ3) is 5.10. The van der Waals surface area contributed by atoms with Gasteiger partial charge in [0.25, 0.3) is 5.91 Å². The molecule has 1 aromatic carbocycles. The maximum atomic E-state index is 12.7. The number of likely N-dealkylation sites (tertiary alicyclic amines) is 1. The molecule has 2 aliphatic rings. The number of hydrogen-bond donors (Lipinski definition) is 0. The van der Waals surface area contributed by atoms with E-state index in [-0.39, 0.29) is 18.6 Å². The lowest BCUT2D eigenvalue weighted by Crippen LogP contribution is -2.41.